The lowest BCUT2D eigenvalue weighted by molar-refractivity contribution is 0.137. The molecule has 1 saturated heterocycles. The summed E-state index contributed by atoms with van der Waals surface area (Å²) < 4.78 is 19.9. The molecule has 0 aliphatic carbocycles. The van der Waals surface area contributed by atoms with Crippen molar-refractivity contribution in [1.82, 2.24) is 4.90 Å². The Kier molecular flexibility index (Phi) is 3.79. The second kappa shape index (κ2) is 5.57. The van der Waals surface area contributed by atoms with Crippen molar-refractivity contribution in [3.63, 3.8) is 0 Å². The summed E-state index contributed by atoms with van der Waals surface area (Å²) in [7, 11) is 2.19. The highest BCUT2D eigenvalue weighted by Gasteiger charge is 2.32. The summed E-state index contributed by atoms with van der Waals surface area (Å²) >= 11 is 0. The van der Waals surface area contributed by atoms with E-state index < -0.39 is 0 Å². The Balaban J connectivity index is 2.01. The van der Waals surface area contributed by atoms with E-state index in [4.69, 9.17) is 4.74 Å². The van der Waals surface area contributed by atoms with Gasteiger partial charge in [-0.15, -0.1) is 0 Å². The Bertz CT molecular complexity index is 526. The summed E-state index contributed by atoms with van der Waals surface area (Å²) in [6.07, 6.45) is 6.83. The Morgan fingerprint density at radius 1 is 1.35 bits per heavy atom. The summed E-state index contributed by atoms with van der Waals surface area (Å²) in [5, 5.41) is 0. The van der Waals surface area contributed by atoms with E-state index in [-0.39, 0.29) is 5.82 Å². The molecular weight excluding hydrogens is 253 g/mol. The highest BCUT2D eigenvalue weighted by molar-refractivity contribution is 5.72. The third-order valence-electron chi connectivity index (χ3n) is 4.58. The predicted molar refractivity (Wildman–Crippen MR) is 79.4 cm³/mol. The van der Waals surface area contributed by atoms with E-state index in [2.05, 4.69) is 18.0 Å². The molecule has 2 atom stereocenters. The van der Waals surface area contributed by atoms with Gasteiger partial charge in [0.2, 0.25) is 0 Å². The van der Waals surface area contributed by atoms with E-state index in [1.54, 1.807) is 6.07 Å². The van der Waals surface area contributed by atoms with Crippen molar-refractivity contribution in [2.24, 2.45) is 0 Å². The van der Waals surface area contributed by atoms with Crippen LogP contribution in [0, 0.1) is 5.82 Å². The fourth-order valence-electron chi connectivity index (χ4n) is 3.52. The molecule has 3 heteroatoms. The van der Waals surface area contributed by atoms with Crippen molar-refractivity contribution in [1.29, 1.82) is 0 Å². The Hall–Kier alpha value is -1.35. The Morgan fingerprint density at radius 3 is 2.95 bits per heavy atom. The van der Waals surface area contributed by atoms with Gasteiger partial charge in [-0.2, -0.15) is 0 Å². The van der Waals surface area contributed by atoms with Gasteiger partial charge in [-0.25, -0.2) is 4.39 Å². The molecule has 0 spiro atoms. The SMILES string of the molecule is CCOc1cccc(F)c1C1=CC2CCCC(C1)N2C. The number of likely N-dealkylation sites (N-methyl/N-ethyl adjacent to an activating group) is 1. The minimum atomic E-state index is -0.162. The van der Waals surface area contributed by atoms with Gasteiger partial charge in [0.05, 0.1) is 12.2 Å². The minimum Gasteiger partial charge on any atom is -0.493 e. The fourth-order valence-corrected chi connectivity index (χ4v) is 3.52. The summed E-state index contributed by atoms with van der Waals surface area (Å²) in [6.45, 7) is 2.50. The molecule has 20 heavy (non-hydrogen) atoms. The Labute approximate surface area is 120 Å². The number of halogens is 1. The largest absolute Gasteiger partial charge is 0.493 e. The van der Waals surface area contributed by atoms with Crippen LogP contribution >= 0.6 is 0 Å². The lowest BCUT2D eigenvalue weighted by Gasteiger charge is -2.43. The number of rotatable bonds is 3. The normalized spacial score (nSPS) is 26.2. The maximum atomic E-state index is 14.3. The van der Waals surface area contributed by atoms with Gasteiger partial charge >= 0.3 is 0 Å². The maximum absolute atomic E-state index is 14.3. The molecule has 2 aliphatic rings. The second-order valence-electron chi connectivity index (χ2n) is 5.76. The Morgan fingerprint density at radius 2 is 2.20 bits per heavy atom. The fraction of sp³-hybridized carbons (Fsp3) is 0.529. The van der Waals surface area contributed by atoms with Gasteiger partial charge in [0, 0.05) is 12.1 Å². The quantitative estimate of drug-likeness (QED) is 0.830. The van der Waals surface area contributed by atoms with Crippen LogP contribution in [0.25, 0.3) is 5.57 Å². The van der Waals surface area contributed by atoms with Crippen molar-refractivity contribution in [3.05, 3.63) is 35.7 Å². The van der Waals surface area contributed by atoms with Crippen molar-refractivity contribution in [2.45, 2.75) is 44.7 Å². The summed E-state index contributed by atoms with van der Waals surface area (Å²) in [6, 6.07) is 6.12. The number of ether oxygens (including phenoxy) is 1. The van der Waals surface area contributed by atoms with Crippen LogP contribution in [0.1, 0.15) is 38.2 Å². The van der Waals surface area contributed by atoms with E-state index in [0.717, 1.165) is 12.0 Å². The molecule has 0 radical (unpaired) electrons. The predicted octanol–water partition coefficient (Wildman–Crippen LogP) is 3.86. The molecule has 0 saturated carbocycles. The molecule has 2 nitrogen and oxygen atoms in total. The van der Waals surface area contributed by atoms with E-state index in [0.29, 0.717) is 30.0 Å². The summed E-state index contributed by atoms with van der Waals surface area (Å²) in [5.41, 5.74) is 1.80. The van der Waals surface area contributed by atoms with Crippen LogP contribution in [-0.2, 0) is 0 Å². The number of hydrogen-bond donors (Lipinski definition) is 0. The monoisotopic (exact) mass is 275 g/mol. The van der Waals surface area contributed by atoms with Crippen LogP contribution in [0.5, 0.6) is 5.75 Å². The molecule has 1 aromatic rings. The van der Waals surface area contributed by atoms with Crippen LogP contribution < -0.4 is 4.74 Å². The third kappa shape index (κ3) is 2.35. The van der Waals surface area contributed by atoms with Crippen molar-refractivity contribution >= 4 is 5.57 Å². The van der Waals surface area contributed by atoms with Crippen LogP contribution in [0.4, 0.5) is 4.39 Å². The van der Waals surface area contributed by atoms with Gasteiger partial charge in [0.1, 0.15) is 11.6 Å². The molecule has 108 valence electrons. The molecule has 2 unspecified atom stereocenters. The van der Waals surface area contributed by atoms with Crippen molar-refractivity contribution in [2.75, 3.05) is 13.7 Å². The number of hydrogen-bond acceptors (Lipinski definition) is 2. The molecule has 2 bridgehead atoms. The highest BCUT2D eigenvalue weighted by Crippen LogP contribution is 2.39. The molecule has 0 N–H and O–H groups in total. The molecular formula is C17H22FNO. The molecule has 2 aliphatic heterocycles. The van der Waals surface area contributed by atoms with E-state index >= 15 is 0 Å². The summed E-state index contributed by atoms with van der Waals surface area (Å²) in [4.78, 5) is 2.44. The zero-order chi connectivity index (χ0) is 14.1. The van der Waals surface area contributed by atoms with Gasteiger partial charge in [-0.05, 0) is 50.9 Å². The van der Waals surface area contributed by atoms with Crippen LogP contribution in [-0.4, -0.2) is 30.6 Å². The number of fused-ring (bicyclic) bond motifs is 2. The lowest BCUT2D eigenvalue weighted by atomic mass is 9.83. The van der Waals surface area contributed by atoms with E-state index in [1.165, 1.54) is 25.3 Å². The van der Waals surface area contributed by atoms with E-state index in [1.807, 2.05) is 13.0 Å². The maximum Gasteiger partial charge on any atom is 0.134 e. The molecule has 2 heterocycles. The van der Waals surface area contributed by atoms with Crippen LogP contribution in [0.15, 0.2) is 24.3 Å². The third-order valence-corrected chi connectivity index (χ3v) is 4.58. The van der Waals surface area contributed by atoms with Crippen molar-refractivity contribution < 1.29 is 9.13 Å². The number of piperidine rings is 1. The molecule has 1 fully saturated rings. The molecule has 0 amide bonds. The smallest absolute Gasteiger partial charge is 0.134 e. The molecule has 3 rings (SSSR count). The van der Waals surface area contributed by atoms with E-state index in [9.17, 15) is 4.39 Å². The molecule has 1 aromatic carbocycles. The lowest BCUT2D eigenvalue weighted by Crippen LogP contribution is -2.45. The zero-order valence-corrected chi connectivity index (χ0v) is 12.2. The average Bonchev–Trinajstić information content (AvgIpc) is 2.39. The standard InChI is InChI=1S/C17H22FNO/c1-3-20-16-9-5-8-15(18)17(16)12-10-13-6-4-7-14(11-12)19(13)2/h5,8-10,13-14H,3-4,6-7,11H2,1-2H3. The first-order valence-electron chi connectivity index (χ1n) is 7.55. The summed E-state index contributed by atoms with van der Waals surface area (Å²) in [5.74, 6) is 0.520. The topological polar surface area (TPSA) is 12.5 Å². The van der Waals surface area contributed by atoms with Gasteiger partial charge < -0.3 is 4.74 Å². The van der Waals surface area contributed by atoms with Gasteiger partial charge in [0.25, 0.3) is 0 Å². The van der Waals surface area contributed by atoms with Crippen LogP contribution in [0.3, 0.4) is 0 Å². The first-order chi connectivity index (χ1) is 9.70. The molecule has 0 aromatic heterocycles. The first kappa shape index (κ1) is 13.6. The van der Waals surface area contributed by atoms with Crippen molar-refractivity contribution in [3.8, 4) is 5.75 Å². The van der Waals surface area contributed by atoms with Gasteiger partial charge in [0.15, 0.2) is 0 Å². The van der Waals surface area contributed by atoms with Gasteiger partial charge in [-0.3, -0.25) is 4.90 Å². The highest BCUT2D eigenvalue weighted by atomic mass is 19.1. The minimum absolute atomic E-state index is 0.162. The van der Waals surface area contributed by atoms with Gasteiger partial charge in [-0.1, -0.05) is 18.6 Å². The second-order valence-corrected chi connectivity index (χ2v) is 5.76. The average molecular weight is 275 g/mol. The first-order valence-corrected chi connectivity index (χ1v) is 7.55. The van der Waals surface area contributed by atoms with Crippen LogP contribution in [0.2, 0.25) is 0 Å². The zero-order valence-electron chi connectivity index (χ0n) is 12.2. The number of benzene rings is 1. The number of nitrogens with zero attached hydrogens (tertiary/aromatic N) is 1.